The molecule has 0 aromatic heterocycles. The summed E-state index contributed by atoms with van der Waals surface area (Å²) in [5.41, 5.74) is 0.847. The maximum Gasteiger partial charge on any atom is 0.239 e. The van der Waals surface area contributed by atoms with E-state index in [0.29, 0.717) is 25.6 Å². The quantitative estimate of drug-likeness (QED) is 0.770. The van der Waals surface area contributed by atoms with Crippen LogP contribution in [-0.4, -0.2) is 49.4 Å². The van der Waals surface area contributed by atoms with Crippen LogP contribution in [0.3, 0.4) is 0 Å². The number of nitrogens with one attached hydrogen (secondary N) is 1. The Kier molecular flexibility index (Phi) is 6.66. The summed E-state index contributed by atoms with van der Waals surface area (Å²) in [6, 6.07) is 7.99. The Morgan fingerprint density at radius 2 is 2.00 bits per heavy atom. The van der Waals surface area contributed by atoms with Gasteiger partial charge in [0.15, 0.2) is 0 Å². The number of likely N-dealkylation sites (N-methyl/N-ethyl adjacent to an activating group) is 1. The van der Waals surface area contributed by atoms with E-state index in [1.54, 1.807) is 4.90 Å². The maximum absolute atomic E-state index is 12.8. The molecule has 24 heavy (non-hydrogen) atoms. The lowest BCUT2D eigenvalue weighted by atomic mass is 10.0. The van der Waals surface area contributed by atoms with Crippen molar-refractivity contribution in [2.75, 3.05) is 31.6 Å². The molecule has 1 aromatic carbocycles. The largest absolute Gasteiger partial charge is 0.340 e. The number of rotatable bonds is 3. The van der Waals surface area contributed by atoms with E-state index < -0.39 is 5.92 Å². The van der Waals surface area contributed by atoms with Crippen LogP contribution in [-0.2, 0) is 9.59 Å². The van der Waals surface area contributed by atoms with Crippen LogP contribution in [0.5, 0.6) is 0 Å². The normalized spacial score (nSPS) is 24.0. The van der Waals surface area contributed by atoms with Crippen LogP contribution in [0.1, 0.15) is 19.3 Å². The number of carbonyl (C=O) groups excluding carboxylic acids is 2. The standard InChI is InChI=1S/C17H22BrN3O2.ClH/c1-19-12-5-4-9-20(11-12)16(22)13-8-10-21(17(13)23)15-7-3-2-6-14(15)18;/h2-3,6-7,12-13,19H,4-5,8-11H2,1H3;1H. The number of anilines is 1. The fraction of sp³-hybridized carbons (Fsp3) is 0.529. The van der Waals surface area contributed by atoms with Gasteiger partial charge in [-0.1, -0.05) is 12.1 Å². The predicted molar refractivity (Wildman–Crippen MR) is 101 cm³/mol. The number of carbonyl (C=O) groups is 2. The van der Waals surface area contributed by atoms with E-state index in [4.69, 9.17) is 0 Å². The van der Waals surface area contributed by atoms with Crippen molar-refractivity contribution < 1.29 is 9.59 Å². The highest BCUT2D eigenvalue weighted by atomic mass is 79.9. The second kappa shape index (κ2) is 8.32. The van der Waals surface area contributed by atoms with Gasteiger partial charge in [-0.25, -0.2) is 0 Å². The van der Waals surface area contributed by atoms with Gasteiger partial charge in [-0.3, -0.25) is 9.59 Å². The molecule has 3 rings (SSSR count). The second-order valence-electron chi connectivity index (χ2n) is 6.19. The fourth-order valence-electron chi connectivity index (χ4n) is 3.45. The van der Waals surface area contributed by atoms with Crippen molar-refractivity contribution in [2.45, 2.75) is 25.3 Å². The highest BCUT2D eigenvalue weighted by Crippen LogP contribution is 2.32. The van der Waals surface area contributed by atoms with Gasteiger partial charge in [0.25, 0.3) is 0 Å². The first-order valence-corrected chi connectivity index (χ1v) is 8.93. The first-order chi connectivity index (χ1) is 11.1. The van der Waals surface area contributed by atoms with E-state index in [-0.39, 0.29) is 24.2 Å². The van der Waals surface area contributed by atoms with Crippen LogP contribution in [0, 0.1) is 5.92 Å². The van der Waals surface area contributed by atoms with E-state index in [2.05, 4.69) is 21.2 Å². The molecule has 2 heterocycles. The van der Waals surface area contributed by atoms with Crippen molar-refractivity contribution in [3.63, 3.8) is 0 Å². The third-order valence-electron chi connectivity index (χ3n) is 4.79. The number of para-hydroxylation sites is 1. The number of piperidine rings is 1. The van der Waals surface area contributed by atoms with Crippen LogP contribution in [0.2, 0.25) is 0 Å². The van der Waals surface area contributed by atoms with Gasteiger partial charge in [-0.2, -0.15) is 0 Å². The molecule has 2 atom stereocenters. The Bertz CT molecular complexity index is 613. The van der Waals surface area contributed by atoms with E-state index in [0.717, 1.165) is 29.5 Å². The number of likely N-dealkylation sites (tertiary alicyclic amines) is 1. The third-order valence-corrected chi connectivity index (χ3v) is 5.46. The summed E-state index contributed by atoms with van der Waals surface area (Å²) in [5, 5.41) is 3.24. The highest BCUT2D eigenvalue weighted by Gasteiger charge is 2.40. The molecule has 0 spiro atoms. The summed E-state index contributed by atoms with van der Waals surface area (Å²) < 4.78 is 0.884. The molecule has 0 aliphatic carbocycles. The van der Waals surface area contributed by atoms with Crippen LogP contribution >= 0.6 is 28.3 Å². The van der Waals surface area contributed by atoms with Crippen LogP contribution in [0.4, 0.5) is 5.69 Å². The Hall–Kier alpha value is -1.11. The number of benzene rings is 1. The molecule has 1 aromatic rings. The monoisotopic (exact) mass is 415 g/mol. The van der Waals surface area contributed by atoms with E-state index in [1.165, 1.54) is 0 Å². The van der Waals surface area contributed by atoms with Gasteiger partial charge in [0.1, 0.15) is 5.92 Å². The van der Waals surface area contributed by atoms with Gasteiger partial charge in [0, 0.05) is 30.1 Å². The summed E-state index contributed by atoms with van der Waals surface area (Å²) in [5.74, 6) is -0.615. The minimum absolute atomic E-state index is 0. The van der Waals surface area contributed by atoms with E-state index in [9.17, 15) is 9.59 Å². The van der Waals surface area contributed by atoms with Crippen LogP contribution < -0.4 is 10.2 Å². The molecule has 2 amide bonds. The molecule has 0 radical (unpaired) electrons. The van der Waals surface area contributed by atoms with Crippen molar-refractivity contribution in [1.82, 2.24) is 10.2 Å². The number of amides is 2. The summed E-state index contributed by atoms with van der Waals surface area (Å²) in [4.78, 5) is 29.1. The van der Waals surface area contributed by atoms with Crippen molar-refractivity contribution >= 4 is 45.8 Å². The van der Waals surface area contributed by atoms with Crippen molar-refractivity contribution in [3.8, 4) is 0 Å². The smallest absolute Gasteiger partial charge is 0.239 e. The molecule has 7 heteroatoms. The first-order valence-electron chi connectivity index (χ1n) is 8.13. The molecule has 5 nitrogen and oxygen atoms in total. The zero-order valence-electron chi connectivity index (χ0n) is 13.7. The van der Waals surface area contributed by atoms with Crippen LogP contribution in [0.25, 0.3) is 0 Å². The Morgan fingerprint density at radius 3 is 2.71 bits per heavy atom. The lowest BCUT2D eigenvalue weighted by Crippen LogP contribution is -2.49. The molecule has 2 unspecified atom stereocenters. The molecule has 1 N–H and O–H groups in total. The molecular formula is C17H23BrClN3O2. The summed E-state index contributed by atoms with van der Waals surface area (Å²) in [6.07, 6.45) is 2.67. The molecule has 132 valence electrons. The lowest BCUT2D eigenvalue weighted by Gasteiger charge is -2.33. The third kappa shape index (κ3) is 3.76. The van der Waals surface area contributed by atoms with Gasteiger partial charge in [0.05, 0.1) is 5.69 Å². The average molecular weight is 417 g/mol. The molecule has 2 saturated heterocycles. The molecule has 2 fully saturated rings. The highest BCUT2D eigenvalue weighted by molar-refractivity contribution is 9.10. The number of hydrogen-bond acceptors (Lipinski definition) is 3. The van der Waals surface area contributed by atoms with Gasteiger partial charge >= 0.3 is 0 Å². The fourth-order valence-corrected chi connectivity index (χ4v) is 3.95. The Labute approximate surface area is 157 Å². The van der Waals surface area contributed by atoms with Gasteiger partial charge < -0.3 is 15.1 Å². The van der Waals surface area contributed by atoms with Gasteiger partial charge in [-0.15, -0.1) is 12.4 Å². The van der Waals surface area contributed by atoms with Crippen LogP contribution in [0.15, 0.2) is 28.7 Å². The zero-order valence-corrected chi connectivity index (χ0v) is 16.1. The lowest BCUT2D eigenvalue weighted by molar-refractivity contribution is -0.140. The van der Waals surface area contributed by atoms with E-state index >= 15 is 0 Å². The van der Waals surface area contributed by atoms with Crippen molar-refractivity contribution in [3.05, 3.63) is 28.7 Å². The first kappa shape index (κ1) is 19.2. The van der Waals surface area contributed by atoms with Gasteiger partial charge in [0.2, 0.25) is 11.8 Å². The van der Waals surface area contributed by atoms with Crippen molar-refractivity contribution in [1.29, 1.82) is 0 Å². The van der Waals surface area contributed by atoms with Gasteiger partial charge in [-0.05, 0) is 54.4 Å². The zero-order chi connectivity index (χ0) is 16.4. The molecule has 0 bridgehead atoms. The predicted octanol–water partition coefficient (Wildman–Crippen LogP) is 2.43. The molecule has 2 aliphatic rings. The number of nitrogens with zero attached hydrogens (tertiary/aromatic N) is 2. The maximum atomic E-state index is 12.8. The molecular weight excluding hydrogens is 394 g/mol. The van der Waals surface area contributed by atoms with E-state index in [1.807, 2.05) is 36.2 Å². The summed E-state index contributed by atoms with van der Waals surface area (Å²) >= 11 is 3.49. The van der Waals surface area contributed by atoms with Crippen molar-refractivity contribution in [2.24, 2.45) is 5.92 Å². The topological polar surface area (TPSA) is 52.7 Å². The number of halogens is 2. The summed E-state index contributed by atoms with van der Waals surface area (Å²) in [7, 11) is 1.92. The Morgan fingerprint density at radius 1 is 1.25 bits per heavy atom. The minimum atomic E-state index is -0.530. The minimum Gasteiger partial charge on any atom is -0.340 e. The Balaban J connectivity index is 0.00000208. The molecule has 2 aliphatic heterocycles. The second-order valence-corrected chi connectivity index (χ2v) is 7.05. The molecule has 0 saturated carbocycles. The summed E-state index contributed by atoms with van der Waals surface area (Å²) in [6.45, 7) is 2.06. The average Bonchev–Trinajstić information content (AvgIpc) is 2.96. The SMILES string of the molecule is CNC1CCCN(C(=O)C2CCN(c3ccccc3Br)C2=O)C1.Cl. The number of hydrogen-bond donors (Lipinski definition) is 1.